The lowest BCUT2D eigenvalue weighted by atomic mass is 9.84. The van der Waals surface area contributed by atoms with Crippen LogP contribution in [0.3, 0.4) is 0 Å². The van der Waals surface area contributed by atoms with E-state index in [-0.39, 0.29) is 44.6 Å². The lowest BCUT2D eigenvalue weighted by Gasteiger charge is -2.21. The number of fused-ring (bicyclic) bond motifs is 5. The van der Waals surface area contributed by atoms with Gasteiger partial charge in [-0.25, -0.2) is 0 Å². The average Bonchev–Trinajstić information content (AvgIpc) is 2.55. The second-order valence-corrected chi connectivity index (χ2v) is 4.89. The molecule has 2 aliphatic rings. The van der Waals surface area contributed by atoms with E-state index in [0.29, 0.717) is 10.8 Å². The second kappa shape index (κ2) is 7.53. The highest BCUT2D eigenvalue weighted by Gasteiger charge is 2.48. The summed E-state index contributed by atoms with van der Waals surface area (Å²) in [5.74, 6) is 0. The molecule has 0 N–H and O–H groups in total. The van der Waals surface area contributed by atoms with Crippen molar-refractivity contribution in [3.05, 3.63) is 47.5 Å². The number of hydrogen-bond acceptors (Lipinski definition) is 0. The molecule has 0 heteroatoms. The Kier molecular flexibility index (Phi) is 10.5. The molecule has 0 amide bonds. The van der Waals surface area contributed by atoms with Gasteiger partial charge in [0.05, 0.1) is 0 Å². The molecule has 0 aliphatic heterocycles. The van der Waals surface area contributed by atoms with E-state index in [2.05, 4.69) is 50.3 Å². The highest BCUT2D eigenvalue weighted by Crippen LogP contribution is 2.55. The van der Waals surface area contributed by atoms with Crippen LogP contribution in [0, 0.1) is 0 Å². The zero-order chi connectivity index (χ0) is 9.10. The number of allylic oxidation sites excluding steroid dienone is 2. The van der Waals surface area contributed by atoms with Gasteiger partial charge >= 0.3 is 0 Å². The lowest BCUT2D eigenvalue weighted by molar-refractivity contribution is 0.517. The molecule has 0 spiro atoms. The first-order chi connectivity index (χ1) is 6.14. The summed E-state index contributed by atoms with van der Waals surface area (Å²) in [4.78, 5) is 0. The third-order valence-electron chi connectivity index (χ3n) is 3.71. The summed E-state index contributed by atoms with van der Waals surface area (Å²) in [5.41, 5.74) is 3.73. The summed E-state index contributed by atoms with van der Waals surface area (Å²) in [6.07, 6.45) is 6.03. The largest absolute Gasteiger partial charge is 0.0776 e. The summed E-state index contributed by atoms with van der Waals surface area (Å²) in [6, 6.07) is 8.87. The molecule has 0 fully saturated rings. The van der Waals surface area contributed by atoms with Gasteiger partial charge in [0.1, 0.15) is 0 Å². The van der Waals surface area contributed by atoms with Gasteiger partial charge in [-0.05, 0) is 17.5 Å². The van der Waals surface area contributed by atoms with Gasteiger partial charge in [0.25, 0.3) is 0 Å². The topological polar surface area (TPSA) is 0 Å². The first-order valence-corrected chi connectivity index (χ1v) is 4.95. The van der Waals surface area contributed by atoms with Crippen molar-refractivity contribution in [2.24, 2.45) is 0 Å². The molecule has 1 aromatic carbocycles. The van der Waals surface area contributed by atoms with E-state index in [1.165, 1.54) is 6.42 Å². The summed E-state index contributed by atoms with van der Waals surface area (Å²) in [7, 11) is 0. The molecule has 2 unspecified atom stereocenters. The fourth-order valence-electron chi connectivity index (χ4n) is 3.10. The minimum atomic E-state index is 0. The maximum absolute atomic E-state index is 2.38. The Labute approximate surface area is 124 Å². The molecule has 19 heavy (non-hydrogen) atoms. The van der Waals surface area contributed by atoms with Crippen molar-refractivity contribution in [1.29, 1.82) is 0 Å². The number of benzene rings is 1. The van der Waals surface area contributed by atoms with Gasteiger partial charge < -0.3 is 0 Å². The Balaban J connectivity index is -0.000000187. The van der Waals surface area contributed by atoms with Crippen LogP contribution < -0.4 is 0 Å². The van der Waals surface area contributed by atoms with Crippen LogP contribution in [0.4, 0.5) is 0 Å². The molecule has 0 aromatic heterocycles. The number of hydrogen-bond donors (Lipinski definition) is 0. The van der Waals surface area contributed by atoms with Gasteiger partial charge in [-0.3, -0.25) is 0 Å². The molecular formula is C19H38. The fraction of sp³-hybridized carbons (Fsp3) is 0.579. The van der Waals surface area contributed by atoms with Gasteiger partial charge in [-0.15, -0.1) is 0 Å². The van der Waals surface area contributed by atoms with Crippen LogP contribution in [0.25, 0.3) is 0 Å². The molecule has 0 saturated carbocycles. The third-order valence-corrected chi connectivity index (χ3v) is 3.71. The molecule has 114 valence electrons. The Morgan fingerprint density at radius 2 is 1.00 bits per heavy atom. The molecule has 2 bridgehead atoms. The fourth-order valence-corrected chi connectivity index (χ4v) is 3.10. The van der Waals surface area contributed by atoms with Crippen molar-refractivity contribution < 1.29 is 0 Å². The minimum absolute atomic E-state index is 0. The van der Waals surface area contributed by atoms with Crippen molar-refractivity contribution in [1.82, 2.24) is 0 Å². The van der Waals surface area contributed by atoms with Crippen LogP contribution in [0.15, 0.2) is 36.4 Å². The average molecular weight is 267 g/mol. The molecule has 2 atom stereocenters. The standard InChI is InChI=1S/C13H14.6CH4/c1-12-7-8-13(2,9-12)11-6-4-3-5-10(11)12;;;;;;/h3-8H,9H2,1-2H3;6*1H4. The Hall–Kier alpha value is -1.04. The predicted octanol–water partition coefficient (Wildman–Crippen LogP) is 6.99. The number of rotatable bonds is 0. The van der Waals surface area contributed by atoms with Crippen molar-refractivity contribution in [3.8, 4) is 0 Å². The van der Waals surface area contributed by atoms with Crippen molar-refractivity contribution >= 4 is 0 Å². The second-order valence-electron chi connectivity index (χ2n) is 4.89. The van der Waals surface area contributed by atoms with E-state index < -0.39 is 0 Å². The molecule has 0 heterocycles. The van der Waals surface area contributed by atoms with Gasteiger partial charge in [0.2, 0.25) is 0 Å². The third kappa shape index (κ3) is 3.11. The van der Waals surface area contributed by atoms with Crippen molar-refractivity contribution in [3.63, 3.8) is 0 Å². The Morgan fingerprint density at radius 1 is 0.684 bits per heavy atom. The maximum atomic E-state index is 2.38. The predicted molar refractivity (Wildman–Crippen MR) is 95.3 cm³/mol. The van der Waals surface area contributed by atoms with Crippen LogP contribution in [-0.4, -0.2) is 0 Å². The van der Waals surface area contributed by atoms with Gasteiger partial charge in [0.15, 0.2) is 0 Å². The molecular weight excluding hydrogens is 228 g/mol. The van der Waals surface area contributed by atoms with Crippen LogP contribution in [-0.2, 0) is 10.8 Å². The molecule has 2 aliphatic carbocycles. The molecule has 3 rings (SSSR count). The van der Waals surface area contributed by atoms with E-state index in [4.69, 9.17) is 0 Å². The van der Waals surface area contributed by atoms with E-state index in [1.807, 2.05) is 0 Å². The summed E-state index contributed by atoms with van der Waals surface area (Å²) < 4.78 is 0. The zero-order valence-electron chi connectivity index (χ0n) is 8.17. The van der Waals surface area contributed by atoms with E-state index >= 15 is 0 Å². The van der Waals surface area contributed by atoms with Crippen LogP contribution >= 0.6 is 0 Å². The van der Waals surface area contributed by atoms with E-state index in [1.54, 1.807) is 11.1 Å². The summed E-state index contributed by atoms with van der Waals surface area (Å²) >= 11 is 0. The first-order valence-electron chi connectivity index (χ1n) is 4.95. The van der Waals surface area contributed by atoms with Crippen LogP contribution in [0.2, 0.25) is 0 Å². The molecule has 1 aromatic rings. The normalized spacial score (nSPS) is 27.1. The minimum Gasteiger partial charge on any atom is -0.0776 e. The SMILES string of the molecule is C.C.C.C.C.C.CC12C=CC(C)(C1)c1ccccc12. The first kappa shape index (κ1) is 26.5. The highest BCUT2D eigenvalue weighted by molar-refractivity contribution is 5.55. The highest BCUT2D eigenvalue weighted by atomic mass is 14.5. The van der Waals surface area contributed by atoms with Crippen LogP contribution in [0.1, 0.15) is 76.0 Å². The maximum Gasteiger partial charge on any atom is 0.0118 e. The summed E-state index contributed by atoms with van der Waals surface area (Å²) in [5, 5.41) is 0. The molecule has 0 saturated heterocycles. The van der Waals surface area contributed by atoms with Crippen LogP contribution in [0.5, 0.6) is 0 Å². The van der Waals surface area contributed by atoms with Crippen molar-refractivity contribution in [2.75, 3.05) is 0 Å². The Bertz CT molecular complexity index is 365. The van der Waals surface area contributed by atoms with E-state index in [0.717, 1.165) is 0 Å². The molecule has 0 nitrogen and oxygen atoms in total. The van der Waals surface area contributed by atoms with Crippen molar-refractivity contribution in [2.45, 2.75) is 75.7 Å². The lowest BCUT2D eigenvalue weighted by Crippen LogP contribution is -2.12. The summed E-state index contributed by atoms with van der Waals surface area (Å²) in [6.45, 7) is 4.70. The van der Waals surface area contributed by atoms with Gasteiger partial charge in [-0.2, -0.15) is 0 Å². The zero-order valence-corrected chi connectivity index (χ0v) is 8.17. The Morgan fingerprint density at radius 3 is 1.32 bits per heavy atom. The molecule has 0 radical (unpaired) electrons. The smallest absolute Gasteiger partial charge is 0.0118 e. The van der Waals surface area contributed by atoms with Gasteiger partial charge in [-0.1, -0.05) is 94.8 Å². The quantitative estimate of drug-likeness (QED) is 0.444. The monoisotopic (exact) mass is 266 g/mol. The van der Waals surface area contributed by atoms with E-state index in [9.17, 15) is 0 Å². The van der Waals surface area contributed by atoms with Gasteiger partial charge in [0, 0.05) is 10.8 Å².